The molecule has 3 rings (SSSR count). The summed E-state index contributed by atoms with van der Waals surface area (Å²) < 4.78 is 6.45. The van der Waals surface area contributed by atoms with Gasteiger partial charge in [0.05, 0.1) is 17.2 Å². The number of aliphatic imine (C=N–C) groups is 1. The van der Waals surface area contributed by atoms with Crippen LogP contribution >= 0.6 is 11.3 Å². The molecule has 3 nitrogen and oxygen atoms in total. The van der Waals surface area contributed by atoms with Crippen molar-refractivity contribution in [2.45, 2.75) is 6.92 Å². The third-order valence-electron chi connectivity index (χ3n) is 3.07. The van der Waals surface area contributed by atoms with Crippen molar-refractivity contribution in [1.29, 1.82) is 0 Å². The van der Waals surface area contributed by atoms with Crippen LogP contribution in [-0.4, -0.2) is 17.9 Å². The summed E-state index contributed by atoms with van der Waals surface area (Å²) in [7, 11) is 0. The standard InChI is InChI=1S/C17H15NO2S/c1-2-20-13-9-7-12(8-10-13)18-11-16-17(19)14-5-3-4-6-15(14)21-16/h3-11,19H,2H2,1H3. The highest BCUT2D eigenvalue weighted by Gasteiger charge is 2.08. The van der Waals surface area contributed by atoms with Crippen molar-refractivity contribution in [3.63, 3.8) is 0 Å². The number of rotatable bonds is 4. The smallest absolute Gasteiger partial charge is 0.142 e. The number of ether oxygens (including phenoxy) is 1. The van der Waals surface area contributed by atoms with E-state index in [-0.39, 0.29) is 0 Å². The van der Waals surface area contributed by atoms with E-state index in [4.69, 9.17) is 4.74 Å². The van der Waals surface area contributed by atoms with Gasteiger partial charge in [-0.3, -0.25) is 4.99 Å². The maximum absolute atomic E-state index is 10.2. The minimum absolute atomic E-state index is 0.297. The SMILES string of the molecule is CCOc1ccc(N=Cc2sc3ccccc3c2O)cc1. The molecule has 3 aromatic rings. The molecular formula is C17H15NO2S. The highest BCUT2D eigenvalue weighted by atomic mass is 32.1. The molecular weight excluding hydrogens is 282 g/mol. The van der Waals surface area contributed by atoms with Gasteiger partial charge in [0.15, 0.2) is 0 Å². The molecule has 1 N–H and O–H groups in total. The van der Waals surface area contributed by atoms with E-state index in [1.807, 2.05) is 55.5 Å². The van der Waals surface area contributed by atoms with E-state index in [9.17, 15) is 5.11 Å². The molecule has 1 aromatic heterocycles. The van der Waals surface area contributed by atoms with Crippen LogP contribution in [0.5, 0.6) is 11.5 Å². The molecule has 0 saturated heterocycles. The summed E-state index contributed by atoms with van der Waals surface area (Å²) in [6.45, 7) is 2.61. The Hall–Kier alpha value is -2.33. The first-order chi connectivity index (χ1) is 10.3. The Morgan fingerprint density at radius 1 is 1.14 bits per heavy atom. The molecule has 4 heteroatoms. The van der Waals surface area contributed by atoms with E-state index < -0.39 is 0 Å². The Kier molecular flexibility index (Phi) is 3.88. The topological polar surface area (TPSA) is 41.8 Å². The molecule has 0 spiro atoms. The van der Waals surface area contributed by atoms with Gasteiger partial charge in [-0.15, -0.1) is 11.3 Å². The van der Waals surface area contributed by atoms with Crippen molar-refractivity contribution in [1.82, 2.24) is 0 Å². The lowest BCUT2D eigenvalue weighted by atomic mass is 10.2. The highest BCUT2D eigenvalue weighted by Crippen LogP contribution is 2.35. The number of hydrogen-bond donors (Lipinski definition) is 1. The first kappa shape index (κ1) is 13.6. The minimum Gasteiger partial charge on any atom is -0.506 e. The van der Waals surface area contributed by atoms with Gasteiger partial charge < -0.3 is 9.84 Å². The number of hydrogen-bond acceptors (Lipinski definition) is 4. The molecule has 106 valence electrons. The molecule has 0 aliphatic carbocycles. The fourth-order valence-electron chi connectivity index (χ4n) is 2.07. The third kappa shape index (κ3) is 2.90. The van der Waals surface area contributed by atoms with Crippen LogP contribution in [0.4, 0.5) is 5.69 Å². The predicted molar refractivity (Wildman–Crippen MR) is 88.4 cm³/mol. The fraction of sp³-hybridized carbons (Fsp3) is 0.118. The number of thiophene rings is 1. The first-order valence-corrected chi connectivity index (χ1v) is 7.57. The van der Waals surface area contributed by atoms with Crippen molar-refractivity contribution in [2.24, 2.45) is 4.99 Å². The van der Waals surface area contributed by atoms with E-state index in [2.05, 4.69) is 4.99 Å². The second-order valence-electron chi connectivity index (χ2n) is 4.50. The summed E-state index contributed by atoms with van der Waals surface area (Å²) in [6, 6.07) is 15.4. The zero-order chi connectivity index (χ0) is 14.7. The van der Waals surface area contributed by atoms with Crippen molar-refractivity contribution < 1.29 is 9.84 Å². The number of fused-ring (bicyclic) bond motifs is 1. The van der Waals surface area contributed by atoms with Crippen LogP contribution in [0.25, 0.3) is 10.1 Å². The quantitative estimate of drug-likeness (QED) is 0.706. The van der Waals surface area contributed by atoms with Gasteiger partial charge in [0, 0.05) is 16.3 Å². The summed E-state index contributed by atoms with van der Waals surface area (Å²) >= 11 is 1.53. The zero-order valence-electron chi connectivity index (χ0n) is 11.6. The Bertz CT molecular complexity index is 775. The molecule has 0 atom stereocenters. The predicted octanol–water partition coefficient (Wildman–Crippen LogP) is 4.76. The van der Waals surface area contributed by atoms with E-state index in [1.54, 1.807) is 6.21 Å². The van der Waals surface area contributed by atoms with E-state index >= 15 is 0 Å². The molecule has 0 amide bonds. The average Bonchev–Trinajstić information content (AvgIpc) is 2.84. The van der Waals surface area contributed by atoms with Crippen LogP contribution in [-0.2, 0) is 0 Å². The molecule has 0 saturated carbocycles. The van der Waals surface area contributed by atoms with Crippen molar-refractivity contribution >= 4 is 33.3 Å². The summed E-state index contributed by atoms with van der Waals surface area (Å²) in [6.07, 6.45) is 1.70. The maximum atomic E-state index is 10.2. The van der Waals surface area contributed by atoms with Gasteiger partial charge in [0.25, 0.3) is 0 Å². The van der Waals surface area contributed by atoms with E-state index in [1.165, 1.54) is 11.3 Å². The Balaban J connectivity index is 1.85. The summed E-state index contributed by atoms with van der Waals surface area (Å²) in [4.78, 5) is 5.17. The lowest BCUT2D eigenvalue weighted by Gasteiger charge is -2.01. The summed E-state index contributed by atoms with van der Waals surface area (Å²) in [5.74, 6) is 1.13. The second kappa shape index (κ2) is 5.97. The zero-order valence-corrected chi connectivity index (χ0v) is 12.4. The molecule has 0 radical (unpaired) electrons. The largest absolute Gasteiger partial charge is 0.506 e. The van der Waals surface area contributed by atoms with E-state index in [0.717, 1.165) is 26.4 Å². The first-order valence-electron chi connectivity index (χ1n) is 6.75. The van der Waals surface area contributed by atoms with Crippen LogP contribution in [0.3, 0.4) is 0 Å². The average molecular weight is 297 g/mol. The van der Waals surface area contributed by atoms with Gasteiger partial charge in [-0.1, -0.05) is 12.1 Å². The van der Waals surface area contributed by atoms with Crippen LogP contribution in [0, 0.1) is 0 Å². The number of aromatic hydroxyl groups is 1. The summed E-state index contributed by atoms with van der Waals surface area (Å²) in [5.41, 5.74) is 0.829. The third-order valence-corrected chi connectivity index (χ3v) is 4.17. The molecule has 0 fully saturated rings. The lowest BCUT2D eigenvalue weighted by Crippen LogP contribution is -1.89. The number of nitrogens with zero attached hydrogens (tertiary/aromatic N) is 1. The molecule has 0 bridgehead atoms. The molecule has 2 aromatic carbocycles. The summed E-state index contributed by atoms with van der Waals surface area (Å²) in [5, 5.41) is 11.1. The lowest BCUT2D eigenvalue weighted by molar-refractivity contribution is 0.340. The van der Waals surface area contributed by atoms with Crippen LogP contribution in [0.2, 0.25) is 0 Å². The van der Waals surface area contributed by atoms with Gasteiger partial charge in [-0.2, -0.15) is 0 Å². The molecule has 0 aliphatic rings. The molecule has 0 unspecified atom stereocenters. The second-order valence-corrected chi connectivity index (χ2v) is 5.58. The monoisotopic (exact) mass is 297 g/mol. The minimum atomic E-state index is 0.297. The van der Waals surface area contributed by atoms with Gasteiger partial charge in [0.2, 0.25) is 0 Å². The van der Waals surface area contributed by atoms with E-state index in [0.29, 0.717) is 12.4 Å². The van der Waals surface area contributed by atoms with Crippen LogP contribution in [0.1, 0.15) is 11.8 Å². The molecule has 1 heterocycles. The molecule has 21 heavy (non-hydrogen) atoms. The maximum Gasteiger partial charge on any atom is 0.142 e. The highest BCUT2D eigenvalue weighted by molar-refractivity contribution is 7.21. The van der Waals surface area contributed by atoms with Crippen molar-refractivity contribution in [3.8, 4) is 11.5 Å². The van der Waals surface area contributed by atoms with Gasteiger partial charge in [-0.05, 0) is 43.3 Å². The van der Waals surface area contributed by atoms with Crippen LogP contribution < -0.4 is 4.74 Å². The van der Waals surface area contributed by atoms with Crippen LogP contribution in [0.15, 0.2) is 53.5 Å². The van der Waals surface area contributed by atoms with Gasteiger partial charge in [-0.25, -0.2) is 0 Å². The Morgan fingerprint density at radius 2 is 1.90 bits per heavy atom. The number of benzene rings is 2. The van der Waals surface area contributed by atoms with Gasteiger partial charge in [0.1, 0.15) is 11.5 Å². The Morgan fingerprint density at radius 3 is 2.62 bits per heavy atom. The molecule has 0 aliphatic heterocycles. The Labute approximate surface area is 127 Å². The fourth-order valence-corrected chi connectivity index (χ4v) is 3.04. The normalized spacial score (nSPS) is 11.3. The van der Waals surface area contributed by atoms with Gasteiger partial charge >= 0.3 is 0 Å². The van der Waals surface area contributed by atoms with Crippen molar-refractivity contribution in [2.75, 3.05) is 6.61 Å². The van der Waals surface area contributed by atoms with Crippen molar-refractivity contribution in [3.05, 3.63) is 53.4 Å².